The maximum absolute atomic E-state index is 13.3. The number of halogens is 1. The highest BCUT2D eigenvalue weighted by Crippen LogP contribution is 2.40. The molecule has 0 unspecified atom stereocenters. The van der Waals surface area contributed by atoms with Gasteiger partial charge in [0.05, 0.1) is 12.1 Å². The molecule has 2 aliphatic rings. The molecule has 1 aromatic heterocycles. The van der Waals surface area contributed by atoms with Crippen LogP contribution in [0.3, 0.4) is 0 Å². The van der Waals surface area contributed by atoms with Gasteiger partial charge >= 0.3 is 0 Å². The Bertz CT molecular complexity index is 891. The minimum atomic E-state index is -0.0554. The van der Waals surface area contributed by atoms with Gasteiger partial charge in [-0.15, -0.1) is 11.3 Å². The van der Waals surface area contributed by atoms with Crippen molar-refractivity contribution >= 4 is 51.4 Å². The van der Waals surface area contributed by atoms with Crippen molar-refractivity contribution in [1.82, 2.24) is 4.90 Å². The topological polar surface area (TPSA) is 49.4 Å². The molecule has 0 aliphatic carbocycles. The van der Waals surface area contributed by atoms with Gasteiger partial charge in [-0.2, -0.15) is 11.8 Å². The first-order valence-electron chi connectivity index (χ1n) is 9.66. The Kier molecular flexibility index (Phi) is 6.41. The second-order valence-corrected chi connectivity index (χ2v) is 9.88. The maximum atomic E-state index is 13.3. The molecule has 1 amide bonds. The number of thioether (sulfide) groups is 1. The van der Waals surface area contributed by atoms with E-state index in [1.165, 1.54) is 11.3 Å². The summed E-state index contributed by atoms with van der Waals surface area (Å²) in [6.45, 7) is 2.33. The van der Waals surface area contributed by atoms with E-state index in [0.717, 1.165) is 49.4 Å². The van der Waals surface area contributed by atoms with Crippen LogP contribution in [-0.2, 0) is 17.0 Å². The minimum absolute atomic E-state index is 0.0340. The summed E-state index contributed by atoms with van der Waals surface area (Å²) in [7, 11) is 0. The summed E-state index contributed by atoms with van der Waals surface area (Å²) in [5.41, 5.74) is 2.33. The van der Waals surface area contributed by atoms with Gasteiger partial charge in [0.15, 0.2) is 5.78 Å². The number of thiophene rings is 1. The number of nitrogens with zero attached hydrogens (tertiary/aromatic N) is 1. The maximum Gasteiger partial charge on any atom is 0.239 e. The van der Waals surface area contributed by atoms with Gasteiger partial charge in [-0.3, -0.25) is 14.5 Å². The lowest BCUT2D eigenvalue weighted by molar-refractivity contribution is -0.117. The molecule has 2 aromatic rings. The lowest BCUT2D eigenvalue weighted by Crippen LogP contribution is -2.36. The van der Waals surface area contributed by atoms with Crippen LogP contribution in [0.15, 0.2) is 24.3 Å². The number of hydrogen-bond acceptors (Lipinski definition) is 5. The van der Waals surface area contributed by atoms with E-state index in [1.807, 2.05) is 11.8 Å². The molecule has 4 rings (SSSR count). The molecule has 1 N–H and O–H groups in total. The lowest BCUT2D eigenvalue weighted by atomic mass is 9.98. The highest BCUT2D eigenvalue weighted by Gasteiger charge is 2.27. The zero-order valence-electron chi connectivity index (χ0n) is 15.6. The molecule has 0 spiro atoms. The van der Waals surface area contributed by atoms with Crippen molar-refractivity contribution in [1.29, 1.82) is 0 Å². The van der Waals surface area contributed by atoms with E-state index < -0.39 is 0 Å². The number of anilines is 1. The van der Waals surface area contributed by atoms with Crippen LogP contribution in [0, 0.1) is 0 Å². The number of carbonyl (C=O) groups excluding carboxylic acids is 2. The standard InChI is InChI=1S/C21H23ClN2O2S2/c22-15-6-4-5-14(11-15)20(26)19-16-7-10-27-13-17(16)28-21(19)23-18(25)12-24-8-2-1-3-9-24/h4-6,11H,1-3,7-10,12-13H2,(H,23,25). The Balaban J connectivity index is 1.60. The van der Waals surface area contributed by atoms with E-state index in [1.54, 1.807) is 35.6 Å². The Hall–Kier alpha value is -1.34. The number of likely N-dealkylation sites (tertiary alicyclic amines) is 1. The van der Waals surface area contributed by atoms with Crippen LogP contribution in [0.1, 0.15) is 45.6 Å². The van der Waals surface area contributed by atoms with Crippen LogP contribution in [0.5, 0.6) is 0 Å². The predicted octanol–water partition coefficient (Wildman–Crippen LogP) is 4.85. The summed E-state index contributed by atoms with van der Waals surface area (Å²) in [5, 5.41) is 4.29. The van der Waals surface area contributed by atoms with Crippen molar-refractivity contribution in [2.45, 2.75) is 31.4 Å². The molecular formula is C21H23ClN2O2S2. The van der Waals surface area contributed by atoms with Crippen LogP contribution in [0.4, 0.5) is 5.00 Å². The summed E-state index contributed by atoms with van der Waals surface area (Å²) in [6.07, 6.45) is 4.40. The van der Waals surface area contributed by atoms with E-state index in [4.69, 9.17) is 11.6 Å². The Morgan fingerprint density at radius 2 is 2.00 bits per heavy atom. The molecular weight excluding hydrogens is 412 g/mol. The Morgan fingerprint density at radius 3 is 2.79 bits per heavy atom. The smallest absolute Gasteiger partial charge is 0.239 e. The van der Waals surface area contributed by atoms with Crippen molar-refractivity contribution in [3.05, 3.63) is 50.9 Å². The summed E-state index contributed by atoms with van der Waals surface area (Å²) in [4.78, 5) is 29.4. The lowest BCUT2D eigenvalue weighted by Gasteiger charge is -2.25. The van der Waals surface area contributed by atoms with Gasteiger partial charge in [-0.25, -0.2) is 0 Å². The first-order valence-corrected chi connectivity index (χ1v) is 12.0. The van der Waals surface area contributed by atoms with E-state index in [2.05, 4.69) is 10.2 Å². The second-order valence-electron chi connectivity index (χ2n) is 7.23. The fourth-order valence-corrected chi connectivity index (χ4v) is 6.41. The predicted molar refractivity (Wildman–Crippen MR) is 118 cm³/mol. The third kappa shape index (κ3) is 4.46. The monoisotopic (exact) mass is 434 g/mol. The van der Waals surface area contributed by atoms with E-state index in [0.29, 0.717) is 27.7 Å². The fraction of sp³-hybridized carbons (Fsp3) is 0.429. The number of amides is 1. The number of rotatable bonds is 5. The molecule has 4 nitrogen and oxygen atoms in total. The number of hydrogen-bond donors (Lipinski definition) is 1. The van der Waals surface area contributed by atoms with Crippen molar-refractivity contribution < 1.29 is 9.59 Å². The molecule has 3 heterocycles. The highest BCUT2D eigenvalue weighted by molar-refractivity contribution is 7.98. The zero-order valence-corrected chi connectivity index (χ0v) is 18.0. The molecule has 0 saturated carbocycles. The minimum Gasteiger partial charge on any atom is -0.316 e. The molecule has 0 bridgehead atoms. The molecule has 1 aromatic carbocycles. The van der Waals surface area contributed by atoms with Crippen molar-refractivity contribution in [2.75, 3.05) is 30.7 Å². The molecule has 0 radical (unpaired) electrons. The number of fused-ring (bicyclic) bond motifs is 1. The number of nitrogens with one attached hydrogen (secondary N) is 1. The van der Waals surface area contributed by atoms with Gasteiger partial charge in [0, 0.05) is 21.2 Å². The Labute approximate surface area is 178 Å². The van der Waals surface area contributed by atoms with E-state index in [9.17, 15) is 9.59 Å². The molecule has 0 atom stereocenters. The van der Waals surface area contributed by atoms with Crippen LogP contribution >= 0.6 is 34.7 Å². The fourth-order valence-electron chi connectivity index (χ4n) is 3.82. The molecule has 148 valence electrons. The third-order valence-electron chi connectivity index (χ3n) is 5.20. The first kappa shape index (κ1) is 20.0. The summed E-state index contributed by atoms with van der Waals surface area (Å²) in [5.74, 6) is 1.81. The SMILES string of the molecule is O=C(CN1CCCCC1)Nc1sc2c(c1C(=O)c1cccc(Cl)c1)CCSC2. The first-order chi connectivity index (χ1) is 13.6. The number of carbonyl (C=O) groups is 2. The highest BCUT2D eigenvalue weighted by atomic mass is 35.5. The zero-order chi connectivity index (χ0) is 19.5. The van der Waals surface area contributed by atoms with E-state index >= 15 is 0 Å². The van der Waals surface area contributed by atoms with E-state index in [-0.39, 0.29) is 11.7 Å². The molecule has 1 fully saturated rings. The number of piperidine rings is 1. The number of ketones is 1. The van der Waals surface area contributed by atoms with Crippen LogP contribution in [0.25, 0.3) is 0 Å². The van der Waals surface area contributed by atoms with Crippen LogP contribution in [-0.4, -0.2) is 42.0 Å². The van der Waals surface area contributed by atoms with Crippen molar-refractivity contribution in [3.8, 4) is 0 Å². The average Bonchev–Trinajstić information content (AvgIpc) is 3.05. The quantitative estimate of drug-likeness (QED) is 0.683. The van der Waals surface area contributed by atoms with Gasteiger partial charge in [-0.05, 0) is 55.8 Å². The van der Waals surface area contributed by atoms with Crippen LogP contribution in [0.2, 0.25) is 5.02 Å². The summed E-state index contributed by atoms with van der Waals surface area (Å²) in [6, 6.07) is 7.04. The molecule has 28 heavy (non-hydrogen) atoms. The van der Waals surface area contributed by atoms with Gasteiger partial charge in [-0.1, -0.05) is 30.2 Å². The van der Waals surface area contributed by atoms with Gasteiger partial charge in [0.2, 0.25) is 5.91 Å². The van der Waals surface area contributed by atoms with Crippen LogP contribution < -0.4 is 5.32 Å². The molecule has 1 saturated heterocycles. The summed E-state index contributed by atoms with van der Waals surface area (Å²) < 4.78 is 0. The summed E-state index contributed by atoms with van der Waals surface area (Å²) >= 11 is 9.53. The molecule has 2 aliphatic heterocycles. The largest absolute Gasteiger partial charge is 0.316 e. The second kappa shape index (κ2) is 8.99. The Morgan fingerprint density at radius 1 is 1.18 bits per heavy atom. The average molecular weight is 435 g/mol. The number of benzene rings is 1. The van der Waals surface area contributed by atoms with Gasteiger partial charge < -0.3 is 5.32 Å². The van der Waals surface area contributed by atoms with Gasteiger partial charge in [0.25, 0.3) is 0 Å². The third-order valence-corrected chi connectivity index (χ3v) is 7.75. The van der Waals surface area contributed by atoms with Gasteiger partial charge in [0.1, 0.15) is 5.00 Å². The molecule has 7 heteroatoms. The van der Waals surface area contributed by atoms with Crippen molar-refractivity contribution in [3.63, 3.8) is 0 Å². The normalized spacial score (nSPS) is 17.2. The van der Waals surface area contributed by atoms with Crippen molar-refractivity contribution in [2.24, 2.45) is 0 Å².